The average molecular weight is 252 g/mol. The minimum atomic E-state index is -1.59. The molecular weight excluding hydrogens is 236 g/mol. The summed E-state index contributed by atoms with van der Waals surface area (Å²) < 4.78 is 0. The van der Waals surface area contributed by atoms with Crippen LogP contribution in [0.15, 0.2) is 24.3 Å². The van der Waals surface area contributed by atoms with E-state index in [4.69, 9.17) is 10.2 Å². The van der Waals surface area contributed by atoms with E-state index in [9.17, 15) is 9.59 Å². The number of carbonyl (C=O) groups excluding carboxylic acids is 1. The van der Waals surface area contributed by atoms with Crippen molar-refractivity contribution < 1.29 is 19.8 Å². The zero-order chi connectivity index (χ0) is 13.5. The van der Waals surface area contributed by atoms with E-state index in [2.05, 4.69) is 10.6 Å². The summed E-state index contributed by atoms with van der Waals surface area (Å²) in [6, 6.07) is 7.13. The van der Waals surface area contributed by atoms with Crippen molar-refractivity contribution in [2.75, 3.05) is 6.54 Å². The maximum atomic E-state index is 11.3. The summed E-state index contributed by atoms with van der Waals surface area (Å²) in [5.74, 6) is -1.37. The van der Waals surface area contributed by atoms with Gasteiger partial charge in [0.05, 0.1) is 6.54 Å². The summed E-state index contributed by atoms with van der Waals surface area (Å²) in [5, 5.41) is 22.2. The van der Waals surface area contributed by atoms with Gasteiger partial charge in [-0.3, -0.25) is 0 Å². The number of aliphatic hydroxyl groups excluding tert-OH is 1. The number of benzene rings is 1. The second kappa shape index (κ2) is 6.61. The molecule has 0 aliphatic heterocycles. The Morgan fingerprint density at radius 1 is 1.22 bits per heavy atom. The Hall–Kier alpha value is -2.08. The van der Waals surface area contributed by atoms with Gasteiger partial charge in [0.2, 0.25) is 0 Å². The molecule has 0 aliphatic rings. The van der Waals surface area contributed by atoms with E-state index in [0.29, 0.717) is 6.54 Å². The predicted molar refractivity (Wildman–Crippen MR) is 65.1 cm³/mol. The average Bonchev–Trinajstić information content (AvgIpc) is 2.35. The molecule has 4 N–H and O–H groups in total. The Kier molecular flexibility index (Phi) is 5.13. The molecule has 1 rings (SSSR count). The van der Waals surface area contributed by atoms with Crippen LogP contribution in [0.25, 0.3) is 0 Å². The fourth-order valence-electron chi connectivity index (χ4n) is 1.23. The van der Waals surface area contributed by atoms with E-state index < -0.39 is 18.1 Å². The highest BCUT2D eigenvalue weighted by atomic mass is 16.4. The number of hydrogen-bond donors (Lipinski definition) is 4. The number of carboxylic acid groups (broad SMARTS) is 1. The largest absolute Gasteiger partial charge is 0.479 e. The standard InChI is InChI=1S/C12H16N2O4/c1-8-2-4-9(5-3-8)6-13-12(18)14-7-10(15)11(16)17/h2-5,10,15H,6-7H2,1H3,(H,16,17)(H2,13,14,18). The van der Waals surface area contributed by atoms with Crippen LogP contribution >= 0.6 is 0 Å². The van der Waals surface area contributed by atoms with E-state index in [1.54, 1.807) is 0 Å². The quantitative estimate of drug-likeness (QED) is 0.603. The van der Waals surface area contributed by atoms with E-state index in [1.807, 2.05) is 31.2 Å². The second-order valence-corrected chi connectivity index (χ2v) is 3.90. The van der Waals surface area contributed by atoms with Gasteiger partial charge in [-0.2, -0.15) is 0 Å². The van der Waals surface area contributed by atoms with Crippen LogP contribution < -0.4 is 10.6 Å². The number of urea groups is 1. The lowest BCUT2D eigenvalue weighted by atomic mass is 10.1. The SMILES string of the molecule is Cc1ccc(CNC(=O)NCC(O)C(=O)O)cc1. The first-order chi connectivity index (χ1) is 8.49. The van der Waals surface area contributed by atoms with E-state index in [0.717, 1.165) is 11.1 Å². The number of nitrogens with one attached hydrogen (secondary N) is 2. The molecule has 0 aliphatic carbocycles. The van der Waals surface area contributed by atoms with Crippen LogP contribution in [-0.2, 0) is 11.3 Å². The first kappa shape index (κ1) is 14.0. The summed E-state index contributed by atoms with van der Waals surface area (Å²) in [6.45, 7) is 1.99. The normalized spacial score (nSPS) is 11.7. The Morgan fingerprint density at radius 2 is 1.83 bits per heavy atom. The summed E-state index contributed by atoms with van der Waals surface area (Å²) in [7, 11) is 0. The van der Waals surface area contributed by atoms with Crippen LogP contribution in [0.2, 0.25) is 0 Å². The van der Waals surface area contributed by atoms with Crippen LogP contribution in [0.1, 0.15) is 11.1 Å². The number of amides is 2. The highest BCUT2D eigenvalue weighted by Gasteiger charge is 2.13. The van der Waals surface area contributed by atoms with Gasteiger partial charge >= 0.3 is 12.0 Å². The van der Waals surface area contributed by atoms with Crippen LogP contribution in [0.4, 0.5) is 4.79 Å². The number of aryl methyl sites for hydroxylation is 1. The van der Waals surface area contributed by atoms with Crippen LogP contribution in [0.3, 0.4) is 0 Å². The van der Waals surface area contributed by atoms with Crippen molar-refractivity contribution in [3.63, 3.8) is 0 Å². The summed E-state index contributed by atoms with van der Waals surface area (Å²) in [4.78, 5) is 21.6. The Labute approximate surface area is 105 Å². The van der Waals surface area contributed by atoms with Gasteiger partial charge < -0.3 is 20.8 Å². The fourth-order valence-corrected chi connectivity index (χ4v) is 1.23. The van der Waals surface area contributed by atoms with Crippen molar-refractivity contribution in [2.24, 2.45) is 0 Å². The molecule has 0 fully saturated rings. The minimum Gasteiger partial charge on any atom is -0.479 e. The smallest absolute Gasteiger partial charge is 0.334 e. The minimum absolute atomic E-state index is 0.324. The van der Waals surface area contributed by atoms with Gasteiger partial charge in [0.25, 0.3) is 0 Å². The number of aliphatic carboxylic acids is 1. The lowest BCUT2D eigenvalue weighted by Gasteiger charge is -2.09. The number of carboxylic acids is 1. The van der Waals surface area contributed by atoms with E-state index >= 15 is 0 Å². The number of carbonyl (C=O) groups is 2. The zero-order valence-corrected chi connectivity index (χ0v) is 10.0. The highest BCUT2D eigenvalue weighted by molar-refractivity contribution is 5.76. The molecule has 1 atom stereocenters. The second-order valence-electron chi connectivity index (χ2n) is 3.90. The monoisotopic (exact) mass is 252 g/mol. The van der Waals surface area contributed by atoms with Gasteiger partial charge in [-0.15, -0.1) is 0 Å². The summed E-state index contributed by atoms with van der Waals surface area (Å²) >= 11 is 0. The molecule has 0 saturated carbocycles. The molecule has 6 heteroatoms. The van der Waals surface area contributed by atoms with Crippen molar-refractivity contribution >= 4 is 12.0 Å². The molecule has 0 aromatic heterocycles. The molecule has 0 saturated heterocycles. The van der Waals surface area contributed by atoms with Gasteiger partial charge in [-0.1, -0.05) is 29.8 Å². The molecule has 18 heavy (non-hydrogen) atoms. The predicted octanol–water partition coefficient (Wildman–Crippen LogP) is 0.240. The van der Waals surface area contributed by atoms with Crippen LogP contribution in [0.5, 0.6) is 0 Å². The Bertz CT molecular complexity index is 417. The molecule has 2 amide bonds. The summed E-state index contributed by atoms with van der Waals surface area (Å²) in [5.41, 5.74) is 2.07. The summed E-state index contributed by atoms with van der Waals surface area (Å²) in [6.07, 6.45) is -1.59. The molecule has 6 nitrogen and oxygen atoms in total. The van der Waals surface area contributed by atoms with Gasteiger partial charge in [0.15, 0.2) is 6.10 Å². The third-order valence-electron chi connectivity index (χ3n) is 2.31. The molecule has 0 bridgehead atoms. The first-order valence-electron chi connectivity index (χ1n) is 5.47. The fraction of sp³-hybridized carbons (Fsp3) is 0.333. The van der Waals surface area contributed by atoms with Crippen molar-refractivity contribution in [3.05, 3.63) is 35.4 Å². The lowest BCUT2D eigenvalue weighted by molar-refractivity contribution is -0.146. The molecule has 1 aromatic carbocycles. The van der Waals surface area contributed by atoms with E-state index in [-0.39, 0.29) is 6.54 Å². The molecule has 1 aromatic rings. The number of hydrogen-bond acceptors (Lipinski definition) is 3. The molecule has 0 spiro atoms. The Morgan fingerprint density at radius 3 is 2.39 bits per heavy atom. The van der Waals surface area contributed by atoms with Crippen molar-refractivity contribution in [1.29, 1.82) is 0 Å². The van der Waals surface area contributed by atoms with Crippen LogP contribution in [0, 0.1) is 6.92 Å². The van der Waals surface area contributed by atoms with Gasteiger partial charge in [0, 0.05) is 6.54 Å². The van der Waals surface area contributed by atoms with Crippen molar-refractivity contribution in [2.45, 2.75) is 19.6 Å². The number of rotatable bonds is 5. The van der Waals surface area contributed by atoms with E-state index in [1.165, 1.54) is 0 Å². The maximum absolute atomic E-state index is 11.3. The Balaban J connectivity index is 2.29. The third-order valence-corrected chi connectivity index (χ3v) is 2.31. The van der Waals surface area contributed by atoms with Crippen molar-refractivity contribution in [1.82, 2.24) is 10.6 Å². The third kappa shape index (κ3) is 4.84. The van der Waals surface area contributed by atoms with Crippen molar-refractivity contribution in [3.8, 4) is 0 Å². The van der Waals surface area contributed by atoms with Gasteiger partial charge in [-0.05, 0) is 12.5 Å². The van der Waals surface area contributed by atoms with Gasteiger partial charge in [0.1, 0.15) is 0 Å². The zero-order valence-electron chi connectivity index (χ0n) is 10.0. The maximum Gasteiger partial charge on any atom is 0.334 e. The number of aliphatic hydroxyl groups is 1. The highest BCUT2D eigenvalue weighted by Crippen LogP contribution is 2.02. The lowest BCUT2D eigenvalue weighted by Crippen LogP contribution is -2.41. The molecular formula is C12H16N2O4. The van der Waals surface area contributed by atoms with Crippen LogP contribution in [-0.4, -0.2) is 34.9 Å². The molecule has 1 unspecified atom stereocenters. The first-order valence-corrected chi connectivity index (χ1v) is 5.47. The van der Waals surface area contributed by atoms with Gasteiger partial charge in [-0.25, -0.2) is 9.59 Å². The molecule has 0 heterocycles. The topological polar surface area (TPSA) is 98.7 Å². The molecule has 0 radical (unpaired) electrons. The molecule has 98 valence electrons.